The smallest absolute Gasteiger partial charge is 0.254 e. The summed E-state index contributed by atoms with van der Waals surface area (Å²) in [4.78, 5) is 8.21. The van der Waals surface area contributed by atoms with Crippen molar-refractivity contribution in [2.75, 3.05) is 0 Å². The summed E-state index contributed by atoms with van der Waals surface area (Å²) >= 11 is 0. The van der Waals surface area contributed by atoms with Crippen molar-refractivity contribution in [2.45, 2.75) is 0 Å². The second-order valence-electron chi connectivity index (χ2n) is 3.64. The molecule has 2 heterocycles. The lowest BCUT2D eigenvalue weighted by atomic mass is 10.1. The van der Waals surface area contributed by atoms with Gasteiger partial charge in [0.1, 0.15) is 0 Å². The molecular formula is C13H9N4O. The van der Waals surface area contributed by atoms with Crippen LogP contribution < -0.4 is 0 Å². The lowest BCUT2D eigenvalue weighted by Gasteiger charge is -2.04. The Balaban J connectivity index is 2.12. The Kier molecular flexibility index (Phi) is 2.49. The van der Waals surface area contributed by atoms with Crippen LogP contribution in [0.25, 0.3) is 17.2 Å². The second kappa shape index (κ2) is 4.29. The zero-order valence-electron chi connectivity index (χ0n) is 9.35. The van der Waals surface area contributed by atoms with E-state index in [4.69, 9.17) is 0 Å². The molecule has 1 radical (unpaired) electrons. The molecule has 0 fully saturated rings. The highest BCUT2D eigenvalue weighted by atomic mass is 16.3. The fraction of sp³-hybridized carbons (Fsp3) is 0. The van der Waals surface area contributed by atoms with E-state index < -0.39 is 0 Å². The van der Waals surface area contributed by atoms with Crippen LogP contribution >= 0.6 is 0 Å². The lowest BCUT2D eigenvalue weighted by molar-refractivity contribution is 0.449. The van der Waals surface area contributed by atoms with Crippen molar-refractivity contribution in [1.29, 1.82) is 0 Å². The molecule has 0 aliphatic carbocycles. The van der Waals surface area contributed by atoms with Gasteiger partial charge in [0.15, 0.2) is 0 Å². The van der Waals surface area contributed by atoms with Crippen LogP contribution in [0.2, 0.25) is 0 Å². The summed E-state index contributed by atoms with van der Waals surface area (Å²) in [6.45, 7) is 0. The highest BCUT2D eigenvalue weighted by molar-refractivity contribution is 5.59. The van der Waals surface area contributed by atoms with Gasteiger partial charge in [-0.25, -0.2) is 9.67 Å². The number of hydrogen-bond acceptors (Lipinski definition) is 4. The third kappa shape index (κ3) is 1.93. The standard InChI is InChI=1S/C13H9N4O/c18-12-9-11(10-5-2-1-3-6-10)15-13(16-12)17-8-4-7-14-17/h1-8H,(H,15,16,18). The zero-order chi connectivity index (χ0) is 12.4. The zero-order valence-corrected chi connectivity index (χ0v) is 9.35. The number of aromatic hydroxyl groups is 1. The maximum Gasteiger partial charge on any atom is 0.254 e. The highest BCUT2D eigenvalue weighted by Gasteiger charge is 2.07. The Morgan fingerprint density at radius 1 is 1.06 bits per heavy atom. The predicted octanol–water partition coefficient (Wildman–Crippen LogP) is 1.84. The van der Waals surface area contributed by atoms with Crippen LogP contribution in [0.5, 0.6) is 5.88 Å². The molecular weight excluding hydrogens is 228 g/mol. The van der Waals surface area contributed by atoms with Gasteiger partial charge in [-0.2, -0.15) is 10.1 Å². The van der Waals surface area contributed by atoms with Crippen LogP contribution in [0.3, 0.4) is 0 Å². The number of hydrogen-bond donors (Lipinski definition) is 1. The molecule has 3 rings (SSSR count). The number of aromatic nitrogens is 4. The number of benzene rings is 1. The normalized spacial score (nSPS) is 10.4. The van der Waals surface area contributed by atoms with Crippen LogP contribution in [0.4, 0.5) is 0 Å². The van der Waals surface area contributed by atoms with E-state index in [-0.39, 0.29) is 5.88 Å². The van der Waals surface area contributed by atoms with Gasteiger partial charge in [-0.15, -0.1) is 0 Å². The van der Waals surface area contributed by atoms with Crippen molar-refractivity contribution >= 4 is 0 Å². The van der Waals surface area contributed by atoms with Crippen LogP contribution in [-0.2, 0) is 0 Å². The van der Waals surface area contributed by atoms with Crippen LogP contribution in [0, 0.1) is 6.07 Å². The molecule has 0 atom stereocenters. The molecule has 3 aromatic rings. The molecule has 0 amide bonds. The molecule has 0 aliphatic heterocycles. The van der Waals surface area contributed by atoms with E-state index in [2.05, 4.69) is 21.1 Å². The van der Waals surface area contributed by atoms with Gasteiger partial charge in [0.05, 0.1) is 11.8 Å². The van der Waals surface area contributed by atoms with Gasteiger partial charge in [-0.05, 0) is 6.07 Å². The third-order valence-electron chi connectivity index (χ3n) is 2.40. The maximum absolute atomic E-state index is 9.61. The summed E-state index contributed by atoms with van der Waals surface area (Å²) in [5.41, 5.74) is 1.40. The SMILES string of the molecule is Oc1[c]c(-c2ccccc2)nc(-n2cccn2)n1. The first kappa shape index (κ1) is 10.5. The van der Waals surface area contributed by atoms with Crippen LogP contribution in [-0.4, -0.2) is 24.9 Å². The quantitative estimate of drug-likeness (QED) is 0.738. The Labute approximate surface area is 103 Å². The predicted molar refractivity (Wildman–Crippen MR) is 65.1 cm³/mol. The molecule has 2 aromatic heterocycles. The minimum Gasteiger partial charge on any atom is -0.493 e. The fourth-order valence-corrected chi connectivity index (χ4v) is 1.60. The molecule has 5 nitrogen and oxygen atoms in total. The summed E-state index contributed by atoms with van der Waals surface area (Å²) in [5.74, 6) is 0.115. The fourth-order valence-electron chi connectivity index (χ4n) is 1.60. The second-order valence-corrected chi connectivity index (χ2v) is 3.64. The topological polar surface area (TPSA) is 63.8 Å². The minimum atomic E-state index is -0.200. The molecule has 0 bridgehead atoms. The molecule has 1 aromatic carbocycles. The molecule has 5 heteroatoms. The van der Waals surface area contributed by atoms with E-state index >= 15 is 0 Å². The molecule has 87 valence electrons. The van der Waals surface area contributed by atoms with Gasteiger partial charge >= 0.3 is 0 Å². The largest absolute Gasteiger partial charge is 0.493 e. The number of nitrogens with zero attached hydrogens (tertiary/aromatic N) is 4. The van der Waals surface area contributed by atoms with Gasteiger partial charge in [0, 0.05) is 18.0 Å². The summed E-state index contributed by atoms with van der Waals surface area (Å²) in [6, 6.07) is 14.0. The van der Waals surface area contributed by atoms with E-state index in [1.165, 1.54) is 4.68 Å². The van der Waals surface area contributed by atoms with Crippen molar-refractivity contribution < 1.29 is 5.11 Å². The van der Waals surface area contributed by atoms with Crippen molar-refractivity contribution in [3.05, 3.63) is 54.9 Å². The van der Waals surface area contributed by atoms with Crippen molar-refractivity contribution in [2.24, 2.45) is 0 Å². The first-order valence-electron chi connectivity index (χ1n) is 5.39. The average Bonchev–Trinajstić information content (AvgIpc) is 2.93. The maximum atomic E-state index is 9.61. The molecule has 0 spiro atoms. The molecule has 1 N–H and O–H groups in total. The van der Waals surface area contributed by atoms with E-state index in [1.54, 1.807) is 18.5 Å². The van der Waals surface area contributed by atoms with Gasteiger partial charge in [-0.3, -0.25) is 0 Å². The van der Waals surface area contributed by atoms with Crippen LogP contribution in [0.1, 0.15) is 0 Å². The van der Waals surface area contributed by atoms with Crippen molar-refractivity contribution in [3.63, 3.8) is 0 Å². The van der Waals surface area contributed by atoms with Crippen molar-refractivity contribution in [1.82, 2.24) is 19.7 Å². The minimum absolute atomic E-state index is 0.200. The monoisotopic (exact) mass is 237 g/mol. The van der Waals surface area contributed by atoms with Gasteiger partial charge < -0.3 is 5.11 Å². The van der Waals surface area contributed by atoms with Gasteiger partial charge in [0.25, 0.3) is 5.95 Å². The molecule has 0 saturated carbocycles. The highest BCUT2D eigenvalue weighted by Crippen LogP contribution is 2.20. The summed E-state index contributed by atoms with van der Waals surface area (Å²) < 4.78 is 1.49. The Morgan fingerprint density at radius 3 is 2.61 bits per heavy atom. The summed E-state index contributed by atoms with van der Waals surface area (Å²) in [6.07, 6.45) is 3.34. The molecule has 0 saturated heterocycles. The first-order valence-corrected chi connectivity index (χ1v) is 5.39. The summed E-state index contributed by atoms with van der Waals surface area (Å²) in [7, 11) is 0. The molecule has 0 aliphatic rings. The van der Waals surface area contributed by atoms with Crippen molar-refractivity contribution in [3.8, 4) is 23.1 Å². The Hall–Kier alpha value is -2.69. The van der Waals surface area contributed by atoms with E-state index in [0.717, 1.165) is 5.56 Å². The average molecular weight is 237 g/mol. The van der Waals surface area contributed by atoms with E-state index in [0.29, 0.717) is 11.6 Å². The van der Waals surface area contributed by atoms with Crippen LogP contribution in [0.15, 0.2) is 48.8 Å². The van der Waals surface area contributed by atoms with E-state index in [9.17, 15) is 5.11 Å². The lowest BCUT2D eigenvalue weighted by Crippen LogP contribution is -2.02. The van der Waals surface area contributed by atoms with Gasteiger partial charge in [0.2, 0.25) is 5.88 Å². The summed E-state index contributed by atoms with van der Waals surface area (Å²) in [5, 5.41) is 13.6. The number of rotatable bonds is 2. The Morgan fingerprint density at radius 2 is 1.89 bits per heavy atom. The van der Waals surface area contributed by atoms with E-state index in [1.807, 2.05) is 30.3 Å². The molecule has 18 heavy (non-hydrogen) atoms. The van der Waals surface area contributed by atoms with Gasteiger partial charge in [-0.1, -0.05) is 30.3 Å². The third-order valence-corrected chi connectivity index (χ3v) is 2.40. The Bertz CT molecular complexity index is 650. The first-order chi connectivity index (χ1) is 8.83. The molecule has 0 unspecified atom stereocenters.